The van der Waals surface area contributed by atoms with Crippen molar-refractivity contribution in [1.29, 1.82) is 0 Å². The summed E-state index contributed by atoms with van der Waals surface area (Å²) in [5.41, 5.74) is 2.65. The van der Waals surface area contributed by atoms with E-state index in [0.717, 1.165) is 97.3 Å². The zero-order valence-electron chi connectivity index (χ0n) is 22.2. The number of fused-ring (bicyclic) bond motifs is 2. The number of allylic oxidation sites excluding steroid dienone is 2. The second-order valence-electron chi connectivity index (χ2n) is 9.88. The number of rotatable bonds is 17. The normalized spacial score (nSPS) is 11.2. The molecule has 0 amide bonds. The smallest absolute Gasteiger partial charge is 0.135 e. The fraction of sp³-hybridized carbons (Fsp3) is 0.500. The van der Waals surface area contributed by atoms with Gasteiger partial charge in [-0.1, -0.05) is 60.9 Å². The summed E-state index contributed by atoms with van der Waals surface area (Å²) < 4.78 is 12.9. The van der Waals surface area contributed by atoms with E-state index in [4.69, 9.17) is 19.7 Å². The standard InChI is InChI=1S/C32H44O4/c1-25(2)14-13-15-26-18-19-29-30(24-26)32(36-23-12-6-4-10-21-34)28-17-8-7-16-27(28)31(29)35-22-11-5-3-9-20-33/h7-8,14,16-19,24,33-34H,3-6,9-13,15,20-23H2,1-2H3. The molecule has 0 bridgehead atoms. The molecular weight excluding hydrogens is 448 g/mol. The van der Waals surface area contributed by atoms with E-state index < -0.39 is 0 Å². The molecule has 196 valence electrons. The Balaban J connectivity index is 1.93. The predicted octanol–water partition coefficient (Wildman–Crippen LogP) is 7.75. The highest BCUT2D eigenvalue weighted by molar-refractivity contribution is 6.11. The molecule has 0 atom stereocenters. The molecule has 4 nitrogen and oxygen atoms in total. The predicted molar refractivity (Wildman–Crippen MR) is 151 cm³/mol. The van der Waals surface area contributed by atoms with Gasteiger partial charge in [-0.3, -0.25) is 0 Å². The molecule has 0 fully saturated rings. The Hall–Kier alpha value is -2.56. The molecule has 0 aliphatic heterocycles. The van der Waals surface area contributed by atoms with E-state index in [2.05, 4.69) is 62.4 Å². The van der Waals surface area contributed by atoms with Gasteiger partial charge in [-0.05, 0) is 76.8 Å². The lowest BCUT2D eigenvalue weighted by molar-refractivity contribution is 0.274. The molecule has 0 saturated carbocycles. The van der Waals surface area contributed by atoms with E-state index in [1.165, 1.54) is 11.1 Å². The number of aliphatic hydroxyl groups excluding tert-OH is 2. The summed E-state index contributed by atoms with van der Waals surface area (Å²) in [5, 5.41) is 22.5. The van der Waals surface area contributed by atoms with Crippen LogP contribution in [0.2, 0.25) is 0 Å². The Bertz CT molecular complexity index is 1100. The molecule has 2 N–H and O–H groups in total. The fourth-order valence-electron chi connectivity index (χ4n) is 4.62. The average Bonchev–Trinajstić information content (AvgIpc) is 2.88. The van der Waals surface area contributed by atoms with Crippen LogP contribution in [0.5, 0.6) is 11.5 Å². The van der Waals surface area contributed by atoms with E-state index in [9.17, 15) is 0 Å². The Morgan fingerprint density at radius 1 is 0.667 bits per heavy atom. The van der Waals surface area contributed by atoms with Crippen molar-refractivity contribution in [2.75, 3.05) is 26.4 Å². The van der Waals surface area contributed by atoms with Crippen molar-refractivity contribution in [3.05, 3.63) is 59.7 Å². The number of aliphatic hydroxyl groups is 2. The minimum atomic E-state index is 0.258. The third kappa shape index (κ3) is 8.25. The highest BCUT2D eigenvalue weighted by Crippen LogP contribution is 2.43. The second-order valence-corrected chi connectivity index (χ2v) is 9.88. The van der Waals surface area contributed by atoms with Crippen LogP contribution in [0.15, 0.2) is 54.1 Å². The van der Waals surface area contributed by atoms with Gasteiger partial charge in [0.25, 0.3) is 0 Å². The van der Waals surface area contributed by atoms with Gasteiger partial charge in [-0.25, -0.2) is 0 Å². The highest BCUT2D eigenvalue weighted by Gasteiger charge is 2.16. The lowest BCUT2D eigenvalue weighted by Gasteiger charge is -2.19. The van der Waals surface area contributed by atoms with Gasteiger partial charge in [-0.2, -0.15) is 0 Å². The molecule has 0 heterocycles. The first kappa shape index (κ1) is 28.0. The Kier molecular flexibility index (Phi) is 12.1. The fourth-order valence-corrected chi connectivity index (χ4v) is 4.62. The van der Waals surface area contributed by atoms with E-state index in [1.807, 2.05) is 0 Å². The quantitative estimate of drug-likeness (QED) is 0.115. The van der Waals surface area contributed by atoms with Crippen LogP contribution in [0.25, 0.3) is 21.5 Å². The summed E-state index contributed by atoms with van der Waals surface area (Å²) in [6.07, 6.45) is 12.1. The Morgan fingerprint density at radius 3 is 1.75 bits per heavy atom. The highest BCUT2D eigenvalue weighted by atomic mass is 16.5. The maximum atomic E-state index is 9.04. The van der Waals surface area contributed by atoms with Crippen molar-refractivity contribution in [3.63, 3.8) is 0 Å². The summed E-state index contributed by atoms with van der Waals surface area (Å²) in [6.45, 7) is 6.14. The molecule has 0 aliphatic carbocycles. The molecule has 36 heavy (non-hydrogen) atoms. The lowest BCUT2D eigenvalue weighted by atomic mass is 9.97. The summed E-state index contributed by atoms with van der Waals surface area (Å²) in [7, 11) is 0. The summed E-state index contributed by atoms with van der Waals surface area (Å²) in [5.74, 6) is 1.89. The number of benzene rings is 3. The van der Waals surface area contributed by atoms with Gasteiger partial charge in [0.15, 0.2) is 0 Å². The van der Waals surface area contributed by atoms with Crippen LogP contribution < -0.4 is 9.47 Å². The maximum Gasteiger partial charge on any atom is 0.135 e. The van der Waals surface area contributed by atoms with Crippen LogP contribution in [0, 0.1) is 0 Å². The molecule has 0 radical (unpaired) electrons. The van der Waals surface area contributed by atoms with E-state index in [-0.39, 0.29) is 13.2 Å². The van der Waals surface area contributed by atoms with Gasteiger partial charge in [-0.15, -0.1) is 0 Å². The second kappa shape index (κ2) is 15.5. The summed E-state index contributed by atoms with van der Waals surface area (Å²) in [6, 6.07) is 15.1. The van der Waals surface area contributed by atoms with Crippen molar-refractivity contribution >= 4 is 21.5 Å². The summed E-state index contributed by atoms with van der Waals surface area (Å²) >= 11 is 0. The van der Waals surface area contributed by atoms with Crippen molar-refractivity contribution in [3.8, 4) is 11.5 Å². The third-order valence-corrected chi connectivity index (χ3v) is 6.57. The maximum absolute atomic E-state index is 9.04. The van der Waals surface area contributed by atoms with Crippen molar-refractivity contribution < 1.29 is 19.7 Å². The van der Waals surface area contributed by atoms with E-state index >= 15 is 0 Å². The monoisotopic (exact) mass is 492 g/mol. The minimum Gasteiger partial charge on any atom is -0.492 e. The van der Waals surface area contributed by atoms with Crippen LogP contribution in [-0.2, 0) is 6.42 Å². The van der Waals surface area contributed by atoms with Gasteiger partial charge < -0.3 is 19.7 Å². The Morgan fingerprint density at radius 2 is 1.19 bits per heavy atom. The number of unbranched alkanes of at least 4 members (excludes halogenated alkanes) is 6. The van der Waals surface area contributed by atoms with Gasteiger partial charge >= 0.3 is 0 Å². The van der Waals surface area contributed by atoms with Crippen molar-refractivity contribution in [2.24, 2.45) is 0 Å². The van der Waals surface area contributed by atoms with E-state index in [1.54, 1.807) is 0 Å². The van der Waals surface area contributed by atoms with Gasteiger partial charge in [0.05, 0.1) is 13.2 Å². The largest absolute Gasteiger partial charge is 0.492 e. The molecule has 3 aromatic carbocycles. The van der Waals surface area contributed by atoms with Crippen molar-refractivity contribution in [1.82, 2.24) is 0 Å². The number of hydrogen-bond acceptors (Lipinski definition) is 4. The molecule has 0 saturated heterocycles. The average molecular weight is 493 g/mol. The first-order chi connectivity index (χ1) is 17.7. The van der Waals surface area contributed by atoms with Crippen LogP contribution >= 0.6 is 0 Å². The first-order valence-electron chi connectivity index (χ1n) is 13.7. The molecule has 0 unspecified atom stereocenters. The van der Waals surface area contributed by atoms with Gasteiger partial charge in [0.2, 0.25) is 0 Å². The molecule has 0 aromatic heterocycles. The third-order valence-electron chi connectivity index (χ3n) is 6.57. The lowest BCUT2D eigenvalue weighted by Crippen LogP contribution is -2.03. The first-order valence-corrected chi connectivity index (χ1v) is 13.7. The molecule has 3 rings (SSSR count). The number of aryl methyl sites for hydroxylation is 1. The SMILES string of the molecule is CC(C)=CCCc1ccc2c(OCCCCCCO)c3ccccc3c(OCCCCCCO)c2c1. The number of hydrogen-bond donors (Lipinski definition) is 2. The minimum absolute atomic E-state index is 0.258. The molecule has 0 spiro atoms. The van der Waals surface area contributed by atoms with Crippen LogP contribution in [0.4, 0.5) is 0 Å². The zero-order chi connectivity index (χ0) is 25.6. The summed E-state index contributed by atoms with van der Waals surface area (Å²) in [4.78, 5) is 0. The molecule has 0 aliphatic rings. The molecular formula is C32H44O4. The van der Waals surface area contributed by atoms with Crippen LogP contribution in [-0.4, -0.2) is 36.6 Å². The molecule has 4 heteroatoms. The van der Waals surface area contributed by atoms with Crippen molar-refractivity contribution in [2.45, 2.75) is 78.1 Å². The number of ether oxygens (including phenoxy) is 2. The Labute approximate surface area is 216 Å². The molecule has 3 aromatic rings. The van der Waals surface area contributed by atoms with E-state index in [0.29, 0.717) is 13.2 Å². The zero-order valence-corrected chi connectivity index (χ0v) is 22.2. The topological polar surface area (TPSA) is 58.9 Å². The van der Waals surface area contributed by atoms with Crippen LogP contribution in [0.3, 0.4) is 0 Å². The van der Waals surface area contributed by atoms with Crippen LogP contribution in [0.1, 0.15) is 77.2 Å². The van der Waals surface area contributed by atoms with Gasteiger partial charge in [0, 0.05) is 34.8 Å². The van der Waals surface area contributed by atoms with Gasteiger partial charge in [0.1, 0.15) is 11.5 Å².